The predicted molar refractivity (Wildman–Crippen MR) is 96.4 cm³/mol. The summed E-state index contributed by atoms with van der Waals surface area (Å²) in [4.78, 5) is 26.4. The summed E-state index contributed by atoms with van der Waals surface area (Å²) < 4.78 is 5.76. The van der Waals surface area contributed by atoms with E-state index in [9.17, 15) is 9.59 Å². The predicted octanol–water partition coefficient (Wildman–Crippen LogP) is 3.03. The van der Waals surface area contributed by atoms with Crippen LogP contribution < -0.4 is 15.0 Å². The van der Waals surface area contributed by atoms with Crippen LogP contribution in [-0.4, -0.2) is 34.2 Å². The molecule has 2 aromatic rings. The maximum atomic E-state index is 12.7. The Morgan fingerprint density at radius 3 is 2.84 bits per heavy atom. The molecule has 0 saturated heterocycles. The number of nitrogens with zero attached hydrogens (tertiary/aromatic N) is 3. The molecule has 0 spiro atoms. The molecule has 1 aromatic heterocycles. The lowest BCUT2D eigenvalue weighted by Crippen LogP contribution is -2.53. The van der Waals surface area contributed by atoms with Crippen molar-refractivity contribution in [3.63, 3.8) is 0 Å². The number of benzene rings is 1. The van der Waals surface area contributed by atoms with Crippen molar-refractivity contribution in [1.29, 1.82) is 0 Å². The Labute approximate surface area is 153 Å². The first-order chi connectivity index (χ1) is 11.8. The highest BCUT2D eigenvalue weighted by Crippen LogP contribution is 2.39. The van der Waals surface area contributed by atoms with Crippen LogP contribution >= 0.6 is 22.9 Å². The van der Waals surface area contributed by atoms with E-state index in [-0.39, 0.29) is 24.8 Å². The van der Waals surface area contributed by atoms with Gasteiger partial charge in [0.25, 0.3) is 5.91 Å². The number of halogens is 1. The third kappa shape index (κ3) is 3.74. The second kappa shape index (κ2) is 6.61. The second-order valence-corrected chi connectivity index (χ2v) is 7.72. The van der Waals surface area contributed by atoms with Crippen LogP contribution in [0.15, 0.2) is 18.2 Å². The standard InChI is InChI=1S/C16H17ClN4O3S/c1-9-19-20-15(25-9)18-13(22)6-7-21-11-8-10(17)4-5-12(11)24-16(2,3)14(21)23/h4-5,8H,6-7H2,1-3H3,(H,18,20,22). The maximum absolute atomic E-state index is 12.7. The van der Waals surface area contributed by atoms with Crippen molar-refractivity contribution in [1.82, 2.24) is 10.2 Å². The van der Waals surface area contributed by atoms with Crippen molar-refractivity contribution < 1.29 is 14.3 Å². The quantitative estimate of drug-likeness (QED) is 0.881. The van der Waals surface area contributed by atoms with Gasteiger partial charge in [0.1, 0.15) is 10.8 Å². The molecule has 1 aliphatic heterocycles. The zero-order valence-electron chi connectivity index (χ0n) is 14.0. The molecule has 3 rings (SSSR count). The number of fused-ring (bicyclic) bond motifs is 1. The van der Waals surface area contributed by atoms with Gasteiger partial charge in [-0.15, -0.1) is 10.2 Å². The second-order valence-electron chi connectivity index (χ2n) is 6.11. The molecular weight excluding hydrogens is 364 g/mol. The van der Waals surface area contributed by atoms with Crippen LogP contribution in [0.1, 0.15) is 25.3 Å². The number of hydrogen-bond acceptors (Lipinski definition) is 6. The minimum Gasteiger partial charge on any atom is -0.476 e. The third-order valence-corrected chi connectivity index (χ3v) is 4.66. The molecule has 2 amide bonds. The molecule has 1 aliphatic rings. The van der Waals surface area contributed by atoms with Crippen molar-refractivity contribution in [2.75, 3.05) is 16.8 Å². The number of hydrogen-bond donors (Lipinski definition) is 1. The molecule has 1 N–H and O–H groups in total. The van der Waals surface area contributed by atoms with Crippen molar-refractivity contribution in [3.05, 3.63) is 28.2 Å². The lowest BCUT2D eigenvalue weighted by Gasteiger charge is -2.38. The van der Waals surface area contributed by atoms with E-state index in [1.54, 1.807) is 32.0 Å². The first-order valence-electron chi connectivity index (χ1n) is 7.67. The third-order valence-electron chi connectivity index (χ3n) is 3.67. The van der Waals surface area contributed by atoms with Gasteiger partial charge in [-0.3, -0.25) is 9.59 Å². The minimum absolute atomic E-state index is 0.117. The van der Waals surface area contributed by atoms with Gasteiger partial charge in [0.2, 0.25) is 11.0 Å². The van der Waals surface area contributed by atoms with E-state index in [1.165, 1.54) is 16.2 Å². The summed E-state index contributed by atoms with van der Waals surface area (Å²) in [6.07, 6.45) is 0.117. The number of rotatable bonds is 4. The van der Waals surface area contributed by atoms with E-state index in [0.29, 0.717) is 21.6 Å². The summed E-state index contributed by atoms with van der Waals surface area (Å²) in [6, 6.07) is 5.09. The van der Waals surface area contributed by atoms with Gasteiger partial charge < -0.3 is 15.0 Å². The smallest absolute Gasteiger partial charge is 0.270 e. The van der Waals surface area contributed by atoms with E-state index in [1.807, 2.05) is 6.92 Å². The SMILES string of the molecule is Cc1nnc(NC(=O)CCN2C(=O)C(C)(C)Oc3ccc(Cl)cc32)s1. The van der Waals surface area contributed by atoms with Gasteiger partial charge in [0, 0.05) is 18.0 Å². The van der Waals surface area contributed by atoms with E-state index >= 15 is 0 Å². The summed E-state index contributed by atoms with van der Waals surface area (Å²) in [5.41, 5.74) is -0.440. The lowest BCUT2D eigenvalue weighted by atomic mass is 10.0. The zero-order chi connectivity index (χ0) is 18.2. The van der Waals surface area contributed by atoms with Crippen LogP contribution in [0.4, 0.5) is 10.8 Å². The first-order valence-corrected chi connectivity index (χ1v) is 8.86. The molecule has 0 unspecified atom stereocenters. The summed E-state index contributed by atoms with van der Waals surface area (Å²) in [6.45, 7) is 5.42. The molecule has 1 aromatic carbocycles. The fourth-order valence-corrected chi connectivity index (χ4v) is 3.28. The highest BCUT2D eigenvalue weighted by molar-refractivity contribution is 7.15. The number of aryl methyl sites for hydroxylation is 1. The topological polar surface area (TPSA) is 84.4 Å². The fourth-order valence-electron chi connectivity index (χ4n) is 2.50. The van der Waals surface area contributed by atoms with Gasteiger partial charge in [0.15, 0.2) is 5.60 Å². The Morgan fingerprint density at radius 1 is 1.40 bits per heavy atom. The Balaban J connectivity index is 1.75. The van der Waals surface area contributed by atoms with E-state index < -0.39 is 5.60 Å². The van der Waals surface area contributed by atoms with Crippen LogP contribution in [0, 0.1) is 6.92 Å². The highest BCUT2D eigenvalue weighted by Gasteiger charge is 2.40. The van der Waals surface area contributed by atoms with Crippen LogP contribution in [0.3, 0.4) is 0 Å². The van der Waals surface area contributed by atoms with Gasteiger partial charge in [0.05, 0.1) is 5.69 Å². The molecule has 0 saturated carbocycles. The molecule has 9 heteroatoms. The molecule has 132 valence electrons. The van der Waals surface area contributed by atoms with Gasteiger partial charge in [-0.1, -0.05) is 22.9 Å². The molecule has 0 aliphatic carbocycles. The highest BCUT2D eigenvalue weighted by atomic mass is 35.5. The summed E-state index contributed by atoms with van der Waals surface area (Å²) in [7, 11) is 0. The summed E-state index contributed by atoms with van der Waals surface area (Å²) in [5.74, 6) is 0.104. The van der Waals surface area contributed by atoms with Crippen LogP contribution in [0.25, 0.3) is 0 Å². The number of amides is 2. The number of ether oxygens (including phenoxy) is 1. The Morgan fingerprint density at radius 2 is 2.16 bits per heavy atom. The number of carbonyl (C=O) groups excluding carboxylic acids is 2. The zero-order valence-corrected chi connectivity index (χ0v) is 15.6. The number of nitrogens with one attached hydrogen (secondary N) is 1. The largest absolute Gasteiger partial charge is 0.476 e. The van der Waals surface area contributed by atoms with Crippen molar-refractivity contribution >= 4 is 45.6 Å². The fraction of sp³-hybridized carbons (Fsp3) is 0.375. The number of carbonyl (C=O) groups is 2. The molecule has 0 bridgehead atoms. The van der Waals surface area contributed by atoms with Gasteiger partial charge >= 0.3 is 0 Å². The first kappa shape index (κ1) is 17.6. The molecule has 0 fully saturated rings. The molecule has 25 heavy (non-hydrogen) atoms. The van der Waals surface area contributed by atoms with E-state index in [0.717, 1.165) is 5.01 Å². The van der Waals surface area contributed by atoms with Crippen LogP contribution in [0.5, 0.6) is 5.75 Å². The summed E-state index contributed by atoms with van der Waals surface area (Å²) >= 11 is 7.34. The monoisotopic (exact) mass is 380 g/mol. The minimum atomic E-state index is -1.01. The average molecular weight is 381 g/mol. The summed E-state index contributed by atoms with van der Waals surface area (Å²) in [5, 5.41) is 12.1. The van der Waals surface area contributed by atoms with E-state index in [2.05, 4.69) is 15.5 Å². The molecule has 0 atom stereocenters. The van der Waals surface area contributed by atoms with Crippen LogP contribution in [-0.2, 0) is 9.59 Å². The van der Waals surface area contributed by atoms with Crippen molar-refractivity contribution in [2.45, 2.75) is 32.8 Å². The van der Waals surface area contributed by atoms with Gasteiger partial charge in [-0.25, -0.2) is 0 Å². The van der Waals surface area contributed by atoms with Gasteiger partial charge in [-0.05, 0) is 39.0 Å². The van der Waals surface area contributed by atoms with Crippen molar-refractivity contribution in [2.24, 2.45) is 0 Å². The number of aromatic nitrogens is 2. The molecule has 0 radical (unpaired) electrons. The lowest BCUT2D eigenvalue weighted by molar-refractivity contribution is -0.132. The molecule has 7 nitrogen and oxygen atoms in total. The van der Waals surface area contributed by atoms with Crippen LogP contribution in [0.2, 0.25) is 5.02 Å². The molecule has 2 heterocycles. The normalized spacial score (nSPS) is 15.5. The Kier molecular flexibility index (Phi) is 4.66. The van der Waals surface area contributed by atoms with Crippen molar-refractivity contribution in [3.8, 4) is 5.75 Å². The molecular formula is C16H17ClN4O3S. The Hall–Kier alpha value is -2.19. The van der Waals surface area contributed by atoms with E-state index in [4.69, 9.17) is 16.3 Å². The maximum Gasteiger partial charge on any atom is 0.270 e. The number of anilines is 2. The average Bonchev–Trinajstić information content (AvgIpc) is 2.93. The Bertz CT molecular complexity index is 837. The van der Waals surface area contributed by atoms with Gasteiger partial charge in [-0.2, -0.15) is 0 Å².